The molecule has 1 nitrogen and oxygen atoms in total. The van der Waals surface area contributed by atoms with Crippen molar-refractivity contribution in [2.75, 3.05) is 5.75 Å². The highest BCUT2D eigenvalue weighted by Crippen LogP contribution is 2.50. The highest BCUT2D eigenvalue weighted by molar-refractivity contribution is 8.76. The zero-order chi connectivity index (χ0) is 13.2. The minimum atomic E-state index is -0.414. The summed E-state index contributed by atoms with van der Waals surface area (Å²) < 4.78 is 0. The molecular weight excluding hydrogens is 365 g/mol. The number of hydrogen-bond donors (Lipinski definition) is 1. The quantitative estimate of drug-likeness (QED) is 0.393. The predicted molar refractivity (Wildman–Crippen MR) is 81.5 cm³/mol. The Hall–Kier alpha value is 1.33. The topological polar surface area (TPSA) is 20.2 Å². The van der Waals surface area contributed by atoms with E-state index in [4.69, 9.17) is 63.1 Å². The standard InChI is InChI=1S/C9H7Cl5OS2/c1-3(15)2-16-17-9-7(13)5(11)4(10)6(12)8(9)14/h3,15H,2H2,1H3. The average molecular weight is 373 g/mol. The fourth-order valence-corrected chi connectivity index (χ4v) is 4.99. The lowest BCUT2D eigenvalue weighted by Crippen LogP contribution is -2.01. The Labute approximate surface area is 132 Å². The Bertz CT molecular complexity index is 395. The fourth-order valence-electron chi connectivity index (χ4n) is 0.849. The lowest BCUT2D eigenvalue weighted by molar-refractivity contribution is 0.221. The first kappa shape index (κ1) is 16.4. The fraction of sp³-hybridized carbons (Fsp3) is 0.333. The third-order valence-electron chi connectivity index (χ3n) is 1.62. The molecule has 0 bridgehead atoms. The summed E-state index contributed by atoms with van der Waals surface area (Å²) in [6.07, 6.45) is -0.414. The van der Waals surface area contributed by atoms with Crippen LogP contribution in [0.3, 0.4) is 0 Å². The Morgan fingerprint density at radius 2 is 1.35 bits per heavy atom. The van der Waals surface area contributed by atoms with Crippen molar-refractivity contribution in [1.29, 1.82) is 0 Å². The van der Waals surface area contributed by atoms with Crippen molar-refractivity contribution in [3.05, 3.63) is 25.1 Å². The molecule has 0 heterocycles. The van der Waals surface area contributed by atoms with Gasteiger partial charge in [-0.1, -0.05) is 79.6 Å². The van der Waals surface area contributed by atoms with Gasteiger partial charge in [-0.25, -0.2) is 0 Å². The zero-order valence-electron chi connectivity index (χ0n) is 8.44. The van der Waals surface area contributed by atoms with E-state index in [1.807, 2.05) is 0 Å². The summed E-state index contributed by atoms with van der Waals surface area (Å²) in [5.74, 6) is 0.537. The van der Waals surface area contributed by atoms with Gasteiger partial charge in [-0.2, -0.15) is 0 Å². The average Bonchev–Trinajstić information content (AvgIpc) is 2.28. The molecule has 1 atom stereocenters. The van der Waals surface area contributed by atoms with Crippen molar-refractivity contribution in [3.8, 4) is 0 Å². The summed E-state index contributed by atoms with van der Waals surface area (Å²) >= 11 is 29.8. The summed E-state index contributed by atoms with van der Waals surface area (Å²) in [4.78, 5) is 0.554. The summed E-state index contributed by atoms with van der Waals surface area (Å²) in [6, 6.07) is 0. The van der Waals surface area contributed by atoms with Gasteiger partial charge in [0.2, 0.25) is 0 Å². The molecular formula is C9H7Cl5OS2. The van der Waals surface area contributed by atoms with Gasteiger partial charge in [0.15, 0.2) is 0 Å². The molecule has 17 heavy (non-hydrogen) atoms. The molecule has 1 unspecified atom stereocenters. The number of halogens is 5. The van der Waals surface area contributed by atoms with Crippen LogP contribution in [0.5, 0.6) is 0 Å². The van der Waals surface area contributed by atoms with Crippen LogP contribution >= 0.6 is 79.6 Å². The lowest BCUT2D eigenvalue weighted by atomic mass is 10.3. The van der Waals surface area contributed by atoms with E-state index in [9.17, 15) is 0 Å². The zero-order valence-corrected chi connectivity index (χ0v) is 13.9. The smallest absolute Gasteiger partial charge is 0.0809 e. The third-order valence-corrected chi connectivity index (χ3v) is 6.69. The van der Waals surface area contributed by atoms with Gasteiger partial charge in [-0.05, 0) is 6.92 Å². The van der Waals surface area contributed by atoms with E-state index in [-0.39, 0.29) is 25.1 Å². The van der Waals surface area contributed by atoms with Gasteiger partial charge in [-0.15, -0.1) is 0 Å². The van der Waals surface area contributed by atoms with Gasteiger partial charge in [-0.3, -0.25) is 0 Å². The van der Waals surface area contributed by atoms with E-state index in [0.29, 0.717) is 10.6 Å². The van der Waals surface area contributed by atoms with Gasteiger partial charge in [0.1, 0.15) is 0 Å². The monoisotopic (exact) mass is 370 g/mol. The minimum absolute atomic E-state index is 0.146. The van der Waals surface area contributed by atoms with Crippen LogP contribution in [0.1, 0.15) is 6.92 Å². The van der Waals surface area contributed by atoms with Crippen LogP contribution in [0.25, 0.3) is 0 Å². The van der Waals surface area contributed by atoms with Crippen LogP contribution in [0.2, 0.25) is 25.1 Å². The first-order chi connectivity index (χ1) is 7.86. The minimum Gasteiger partial charge on any atom is -0.393 e. The van der Waals surface area contributed by atoms with E-state index in [1.54, 1.807) is 6.92 Å². The number of aliphatic hydroxyl groups excluding tert-OH is 1. The summed E-state index contributed by atoms with van der Waals surface area (Å²) in [5, 5.41) is 10.2. The Kier molecular flexibility index (Phi) is 6.94. The van der Waals surface area contributed by atoms with Crippen molar-refractivity contribution in [2.45, 2.75) is 17.9 Å². The van der Waals surface area contributed by atoms with Crippen LogP contribution in [0.15, 0.2) is 4.90 Å². The number of hydrogen-bond acceptors (Lipinski definition) is 3. The van der Waals surface area contributed by atoms with E-state index in [0.717, 1.165) is 0 Å². The molecule has 0 saturated carbocycles. The van der Waals surface area contributed by atoms with Crippen LogP contribution < -0.4 is 0 Å². The van der Waals surface area contributed by atoms with Gasteiger partial charge >= 0.3 is 0 Å². The summed E-state index contributed by atoms with van der Waals surface area (Å²) in [6.45, 7) is 1.69. The maximum Gasteiger partial charge on any atom is 0.0809 e. The van der Waals surface area contributed by atoms with Crippen molar-refractivity contribution in [3.63, 3.8) is 0 Å². The van der Waals surface area contributed by atoms with E-state index >= 15 is 0 Å². The molecule has 0 fully saturated rings. The van der Waals surface area contributed by atoms with E-state index in [2.05, 4.69) is 0 Å². The summed E-state index contributed by atoms with van der Waals surface area (Å²) in [5.41, 5.74) is 0. The Morgan fingerprint density at radius 1 is 0.941 bits per heavy atom. The molecule has 0 saturated heterocycles. The Balaban J connectivity index is 2.99. The first-order valence-electron chi connectivity index (χ1n) is 4.35. The SMILES string of the molecule is CC(O)CSSc1c(Cl)c(Cl)c(Cl)c(Cl)c1Cl. The molecule has 1 rings (SSSR count). The lowest BCUT2D eigenvalue weighted by Gasteiger charge is -2.11. The molecule has 1 aromatic carbocycles. The summed E-state index contributed by atoms with van der Waals surface area (Å²) in [7, 11) is 2.71. The number of rotatable bonds is 4. The predicted octanol–water partition coefficient (Wildman–Crippen LogP) is 6.07. The molecule has 0 aliphatic carbocycles. The van der Waals surface area contributed by atoms with Crippen molar-refractivity contribution >= 4 is 79.6 Å². The first-order valence-corrected chi connectivity index (χ1v) is 8.56. The third kappa shape index (κ3) is 4.15. The van der Waals surface area contributed by atoms with Crippen LogP contribution in [0.4, 0.5) is 0 Å². The molecule has 96 valence electrons. The molecule has 0 spiro atoms. The maximum atomic E-state index is 9.15. The van der Waals surface area contributed by atoms with Gasteiger partial charge in [0, 0.05) is 5.75 Å². The van der Waals surface area contributed by atoms with Gasteiger partial charge in [0.25, 0.3) is 0 Å². The molecule has 0 amide bonds. The van der Waals surface area contributed by atoms with Crippen LogP contribution in [0, 0.1) is 0 Å². The maximum absolute atomic E-state index is 9.15. The molecule has 1 N–H and O–H groups in total. The number of benzene rings is 1. The second-order valence-electron chi connectivity index (χ2n) is 3.12. The van der Waals surface area contributed by atoms with Crippen LogP contribution in [-0.2, 0) is 0 Å². The highest BCUT2D eigenvalue weighted by Gasteiger charge is 2.19. The normalized spacial score (nSPS) is 12.9. The molecule has 0 aliphatic rings. The van der Waals surface area contributed by atoms with Crippen molar-refractivity contribution in [2.24, 2.45) is 0 Å². The Morgan fingerprint density at radius 3 is 1.76 bits per heavy atom. The van der Waals surface area contributed by atoms with E-state index < -0.39 is 6.10 Å². The van der Waals surface area contributed by atoms with Gasteiger partial charge in [0.05, 0.1) is 36.1 Å². The molecule has 0 aliphatic heterocycles. The van der Waals surface area contributed by atoms with Crippen molar-refractivity contribution in [1.82, 2.24) is 0 Å². The molecule has 1 aromatic rings. The molecule has 8 heteroatoms. The second-order valence-corrected chi connectivity index (χ2v) is 7.36. The van der Waals surface area contributed by atoms with E-state index in [1.165, 1.54) is 21.6 Å². The second kappa shape index (κ2) is 7.20. The molecule has 0 aromatic heterocycles. The van der Waals surface area contributed by atoms with Crippen LogP contribution in [-0.4, -0.2) is 17.0 Å². The number of aliphatic hydroxyl groups is 1. The molecule has 0 radical (unpaired) electrons. The largest absolute Gasteiger partial charge is 0.393 e. The highest BCUT2D eigenvalue weighted by atomic mass is 35.5. The van der Waals surface area contributed by atoms with Crippen molar-refractivity contribution < 1.29 is 5.11 Å². The van der Waals surface area contributed by atoms with Gasteiger partial charge < -0.3 is 5.11 Å².